The molecule has 1 saturated carbocycles. The van der Waals surface area contributed by atoms with Gasteiger partial charge in [-0.2, -0.15) is 0 Å². The monoisotopic (exact) mass is 320 g/mol. The minimum absolute atomic E-state index is 0.0121. The summed E-state index contributed by atoms with van der Waals surface area (Å²) in [6.07, 6.45) is 7.19. The molecular formula is C17H28N4O2. The van der Waals surface area contributed by atoms with Crippen LogP contribution in [0.1, 0.15) is 44.0 Å². The van der Waals surface area contributed by atoms with E-state index in [-0.39, 0.29) is 12.5 Å². The summed E-state index contributed by atoms with van der Waals surface area (Å²) in [7, 11) is 2.01. The van der Waals surface area contributed by atoms with Crippen molar-refractivity contribution in [2.45, 2.75) is 58.0 Å². The number of hydrogen-bond acceptors (Lipinski definition) is 5. The number of aromatic nitrogens is 3. The van der Waals surface area contributed by atoms with E-state index < -0.39 is 0 Å². The highest BCUT2D eigenvalue weighted by atomic mass is 16.8. The fraction of sp³-hybridized carbons (Fsp3) is 0.882. The first-order valence-electron chi connectivity index (χ1n) is 9.15. The molecule has 2 fully saturated rings. The molecule has 6 nitrogen and oxygen atoms in total. The second-order valence-electron chi connectivity index (χ2n) is 7.24. The Hall–Kier alpha value is -0.980. The van der Waals surface area contributed by atoms with Gasteiger partial charge >= 0.3 is 0 Å². The van der Waals surface area contributed by atoms with Gasteiger partial charge in [-0.3, -0.25) is 10.00 Å². The van der Waals surface area contributed by atoms with Crippen molar-refractivity contribution in [2.24, 2.45) is 24.8 Å². The normalized spacial score (nSPS) is 35.1. The lowest BCUT2D eigenvalue weighted by Gasteiger charge is -2.07. The standard InChI is InChI=1S/C17H28N4O2/c1-3-4-9-18-16-17(23-16)22-10-13-11-5-7-14-15(8-6-12(11)13)21(2)20-19-14/h11-13,16-18H,3-10H2,1-2H3. The lowest BCUT2D eigenvalue weighted by molar-refractivity contribution is 0.0394. The van der Waals surface area contributed by atoms with Crippen LogP contribution in [0.2, 0.25) is 0 Å². The summed E-state index contributed by atoms with van der Waals surface area (Å²) in [5.41, 5.74) is 2.55. The number of aryl methyl sites for hydroxylation is 2. The molecule has 6 heteroatoms. The number of nitrogens with one attached hydrogen (secondary N) is 1. The Morgan fingerprint density at radius 2 is 2.13 bits per heavy atom. The SMILES string of the molecule is CCCCNC1OC1OCC1C2CCc3nnn(C)c3CCC21. The lowest BCUT2D eigenvalue weighted by Crippen LogP contribution is -2.22. The van der Waals surface area contributed by atoms with Crippen molar-refractivity contribution < 1.29 is 9.47 Å². The first kappa shape index (κ1) is 15.5. The van der Waals surface area contributed by atoms with Crippen LogP contribution in [0.5, 0.6) is 0 Å². The molecule has 0 radical (unpaired) electrons. The van der Waals surface area contributed by atoms with Crippen molar-refractivity contribution in [1.82, 2.24) is 20.3 Å². The Balaban J connectivity index is 1.20. The molecule has 2 aliphatic carbocycles. The molecule has 1 aromatic heterocycles. The Morgan fingerprint density at radius 1 is 1.30 bits per heavy atom. The molecule has 0 aromatic carbocycles. The van der Waals surface area contributed by atoms with Gasteiger partial charge in [-0.15, -0.1) is 5.10 Å². The van der Waals surface area contributed by atoms with Gasteiger partial charge in [0.05, 0.1) is 18.0 Å². The van der Waals surface area contributed by atoms with Gasteiger partial charge in [0, 0.05) is 7.05 Å². The van der Waals surface area contributed by atoms with Crippen molar-refractivity contribution in [1.29, 1.82) is 0 Å². The maximum Gasteiger partial charge on any atom is 0.199 e. The third-order valence-electron chi connectivity index (χ3n) is 5.74. The molecule has 1 aliphatic heterocycles. The Bertz CT molecular complexity index is 547. The van der Waals surface area contributed by atoms with Crippen LogP contribution in [0.4, 0.5) is 0 Å². The smallest absolute Gasteiger partial charge is 0.199 e. The number of epoxide rings is 1. The maximum absolute atomic E-state index is 5.96. The minimum Gasteiger partial charge on any atom is -0.348 e. The quantitative estimate of drug-likeness (QED) is 0.611. The maximum atomic E-state index is 5.96. The molecule has 0 spiro atoms. The average molecular weight is 320 g/mol. The van der Waals surface area contributed by atoms with Gasteiger partial charge in [-0.05, 0) is 56.4 Å². The van der Waals surface area contributed by atoms with Gasteiger partial charge in [-0.1, -0.05) is 18.6 Å². The summed E-state index contributed by atoms with van der Waals surface area (Å²) in [4.78, 5) is 0. The number of rotatable bonds is 7. The fourth-order valence-corrected chi connectivity index (χ4v) is 4.15. The van der Waals surface area contributed by atoms with E-state index in [9.17, 15) is 0 Å². The predicted octanol–water partition coefficient (Wildman–Crippen LogP) is 1.64. The van der Waals surface area contributed by atoms with Gasteiger partial charge in [0.2, 0.25) is 0 Å². The molecule has 0 bridgehead atoms. The third kappa shape index (κ3) is 3.30. The fourth-order valence-electron chi connectivity index (χ4n) is 4.15. The van der Waals surface area contributed by atoms with Crippen LogP contribution in [0.3, 0.4) is 0 Å². The van der Waals surface area contributed by atoms with Crippen molar-refractivity contribution in [3.63, 3.8) is 0 Å². The van der Waals surface area contributed by atoms with Gasteiger partial charge in [0.15, 0.2) is 12.5 Å². The predicted molar refractivity (Wildman–Crippen MR) is 85.6 cm³/mol. The summed E-state index contributed by atoms with van der Waals surface area (Å²) in [6.45, 7) is 4.08. The van der Waals surface area contributed by atoms with Crippen molar-refractivity contribution in [2.75, 3.05) is 13.2 Å². The largest absolute Gasteiger partial charge is 0.348 e. The number of ether oxygens (including phenoxy) is 2. The van der Waals surface area contributed by atoms with Crippen LogP contribution < -0.4 is 5.32 Å². The van der Waals surface area contributed by atoms with Crippen molar-refractivity contribution >= 4 is 0 Å². The second-order valence-corrected chi connectivity index (χ2v) is 7.24. The van der Waals surface area contributed by atoms with Crippen LogP contribution in [0.25, 0.3) is 0 Å². The minimum atomic E-state index is -0.0121. The van der Waals surface area contributed by atoms with Crippen LogP contribution in [-0.2, 0) is 29.4 Å². The van der Waals surface area contributed by atoms with E-state index >= 15 is 0 Å². The van der Waals surface area contributed by atoms with Gasteiger partial charge < -0.3 is 9.47 Å². The molecule has 1 aromatic rings. The molecule has 4 rings (SSSR count). The summed E-state index contributed by atoms with van der Waals surface area (Å²) in [5, 5.41) is 11.9. The molecule has 3 aliphatic rings. The zero-order chi connectivity index (χ0) is 15.8. The average Bonchev–Trinajstić information content (AvgIpc) is 3.38. The third-order valence-corrected chi connectivity index (χ3v) is 5.74. The van der Waals surface area contributed by atoms with Crippen LogP contribution >= 0.6 is 0 Å². The first-order valence-corrected chi connectivity index (χ1v) is 9.15. The lowest BCUT2D eigenvalue weighted by atomic mass is 10.0. The van der Waals surface area contributed by atoms with Crippen molar-refractivity contribution in [3.8, 4) is 0 Å². The second kappa shape index (κ2) is 6.49. The van der Waals surface area contributed by atoms with E-state index in [4.69, 9.17) is 9.47 Å². The van der Waals surface area contributed by atoms with E-state index in [2.05, 4.69) is 22.6 Å². The molecule has 1 N–H and O–H groups in total. The van der Waals surface area contributed by atoms with Crippen LogP contribution in [0, 0.1) is 17.8 Å². The molecule has 5 atom stereocenters. The van der Waals surface area contributed by atoms with E-state index in [0.29, 0.717) is 0 Å². The van der Waals surface area contributed by atoms with Crippen LogP contribution in [0.15, 0.2) is 0 Å². The van der Waals surface area contributed by atoms with Crippen LogP contribution in [-0.4, -0.2) is 40.7 Å². The molecular weight excluding hydrogens is 292 g/mol. The Kier molecular flexibility index (Phi) is 4.39. The molecule has 23 heavy (non-hydrogen) atoms. The van der Waals surface area contributed by atoms with E-state index in [1.807, 2.05) is 11.7 Å². The summed E-state index contributed by atoms with van der Waals surface area (Å²) in [5.74, 6) is 2.36. The molecule has 2 heterocycles. The van der Waals surface area contributed by atoms with Gasteiger partial charge in [0.25, 0.3) is 0 Å². The van der Waals surface area contributed by atoms with Gasteiger partial charge in [0.1, 0.15) is 0 Å². The van der Waals surface area contributed by atoms with E-state index in [1.54, 1.807) is 0 Å². The van der Waals surface area contributed by atoms with E-state index in [0.717, 1.165) is 43.7 Å². The molecule has 128 valence electrons. The zero-order valence-electron chi connectivity index (χ0n) is 14.2. The Labute approximate surface area is 137 Å². The number of fused-ring (bicyclic) bond motifs is 2. The molecule has 0 amide bonds. The number of hydrogen-bond donors (Lipinski definition) is 1. The number of unbranched alkanes of at least 4 members (excludes halogenated alkanes) is 1. The van der Waals surface area contributed by atoms with Crippen molar-refractivity contribution in [3.05, 3.63) is 11.4 Å². The molecule has 5 unspecified atom stereocenters. The first-order chi connectivity index (χ1) is 11.3. The summed E-state index contributed by atoms with van der Waals surface area (Å²) in [6, 6.07) is 0. The van der Waals surface area contributed by atoms with E-state index in [1.165, 1.54) is 37.1 Å². The Morgan fingerprint density at radius 3 is 2.96 bits per heavy atom. The molecule has 1 saturated heterocycles. The summed E-state index contributed by atoms with van der Waals surface area (Å²) < 4.78 is 13.5. The highest BCUT2D eigenvalue weighted by Crippen LogP contribution is 2.53. The van der Waals surface area contributed by atoms with Gasteiger partial charge in [-0.25, -0.2) is 0 Å². The summed E-state index contributed by atoms with van der Waals surface area (Å²) >= 11 is 0. The highest BCUT2D eigenvalue weighted by molar-refractivity contribution is 5.14. The number of nitrogens with zero attached hydrogens (tertiary/aromatic N) is 3. The zero-order valence-corrected chi connectivity index (χ0v) is 14.2. The topological polar surface area (TPSA) is 64.5 Å². The highest BCUT2D eigenvalue weighted by Gasteiger charge is 2.51.